The van der Waals surface area contributed by atoms with Crippen molar-refractivity contribution in [3.63, 3.8) is 0 Å². The molecule has 2 aromatic rings. The van der Waals surface area contributed by atoms with Crippen LogP contribution < -0.4 is 0 Å². The van der Waals surface area contributed by atoms with E-state index in [9.17, 15) is 17.4 Å². The van der Waals surface area contributed by atoms with E-state index in [4.69, 9.17) is 0 Å². The Balaban J connectivity index is 2.45. The molecule has 0 aliphatic rings. The lowest BCUT2D eigenvalue weighted by molar-refractivity contribution is -0.0402. The molecule has 0 fully saturated rings. The molecule has 110 valence electrons. The van der Waals surface area contributed by atoms with Crippen molar-refractivity contribution in [1.29, 1.82) is 0 Å². The summed E-state index contributed by atoms with van der Waals surface area (Å²) in [4.78, 5) is -0.352. The van der Waals surface area contributed by atoms with E-state index in [1.165, 1.54) is 18.2 Å². The lowest BCUT2D eigenvalue weighted by Crippen LogP contribution is -2.22. The van der Waals surface area contributed by atoms with Crippen LogP contribution >= 0.6 is 0 Å². The highest BCUT2D eigenvalue weighted by Gasteiger charge is 2.44. The molecule has 2 rings (SSSR count). The average molecular weight is 311 g/mol. The van der Waals surface area contributed by atoms with Gasteiger partial charge in [0.2, 0.25) is 0 Å². The van der Waals surface area contributed by atoms with Crippen molar-refractivity contribution in [2.24, 2.45) is 4.36 Å². The third-order valence-electron chi connectivity index (χ3n) is 2.65. The number of benzene rings is 2. The Bertz CT molecular complexity index is 731. The van der Waals surface area contributed by atoms with E-state index in [0.717, 1.165) is 18.3 Å². The summed E-state index contributed by atoms with van der Waals surface area (Å²) in [5.41, 5.74) is -4.26. The molecule has 1 unspecified atom stereocenters. The minimum atomic E-state index is -4.94. The Morgan fingerprint density at radius 1 is 0.905 bits per heavy atom. The van der Waals surface area contributed by atoms with Gasteiger partial charge < -0.3 is 0 Å². The standard InChI is InChI=1S/C15H12F3NOS/c16-15(17,18)21(20,14-9-5-2-6-10-14)19-12-11-13-7-3-1-4-8-13/h1-12H/b12-11+. The highest BCUT2D eigenvalue weighted by atomic mass is 32.2. The first-order chi connectivity index (χ1) is 9.93. The highest BCUT2D eigenvalue weighted by Crippen LogP contribution is 2.32. The van der Waals surface area contributed by atoms with Gasteiger partial charge in [-0.05, 0) is 23.8 Å². The maximum Gasteiger partial charge on any atom is 0.483 e. The first-order valence-corrected chi connectivity index (χ1v) is 7.54. The molecule has 1 atom stereocenters. The summed E-state index contributed by atoms with van der Waals surface area (Å²) in [5, 5.41) is 0. The van der Waals surface area contributed by atoms with Crippen LogP contribution in [0.3, 0.4) is 0 Å². The van der Waals surface area contributed by atoms with Gasteiger partial charge in [-0.2, -0.15) is 17.5 Å². The molecule has 0 spiro atoms. The molecule has 2 aromatic carbocycles. The Labute approximate surface area is 121 Å². The summed E-state index contributed by atoms with van der Waals surface area (Å²) in [5.74, 6) is 0. The number of halogens is 3. The summed E-state index contributed by atoms with van der Waals surface area (Å²) in [6.45, 7) is 0. The summed E-state index contributed by atoms with van der Waals surface area (Å²) < 4.78 is 54.9. The van der Waals surface area contributed by atoms with Crippen LogP contribution in [0.25, 0.3) is 6.08 Å². The van der Waals surface area contributed by atoms with Crippen LogP contribution in [-0.4, -0.2) is 9.72 Å². The van der Waals surface area contributed by atoms with E-state index in [1.807, 2.05) is 0 Å². The molecule has 2 nitrogen and oxygen atoms in total. The lowest BCUT2D eigenvalue weighted by atomic mass is 10.2. The number of rotatable bonds is 3. The van der Waals surface area contributed by atoms with E-state index in [0.29, 0.717) is 5.56 Å². The smallest absolute Gasteiger partial charge is 0.235 e. The minimum absolute atomic E-state index is 0.352. The predicted octanol–water partition coefficient (Wildman–Crippen LogP) is 4.70. The number of nitrogens with zero attached hydrogens (tertiary/aromatic N) is 1. The fraction of sp³-hybridized carbons (Fsp3) is 0.0667. The topological polar surface area (TPSA) is 29.4 Å². The molecule has 0 aliphatic heterocycles. The second-order valence-corrected chi connectivity index (χ2v) is 6.31. The second kappa shape index (κ2) is 6.13. The maximum absolute atomic E-state index is 13.1. The zero-order valence-corrected chi connectivity index (χ0v) is 11.6. The van der Waals surface area contributed by atoms with Crippen LogP contribution in [0, 0.1) is 0 Å². The highest BCUT2D eigenvalue weighted by molar-refractivity contribution is 7.94. The SMILES string of the molecule is O=S(=N/C=C/c1ccccc1)(c1ccccc1)C(F)(F)F. The summed E-state index contributed by atoms with van der Waals surface area (Å²) >= 11 is 0. The van der Waals surface area contributed by atoms with Crippen LogP contribution in [0.2, 0.25) is 0 Å². The van der Waals surface area contributed by atoms with Crippen molar-refractivity contribution in [2.45, 2.75) is 10.4 Å². The summed E-state index contributed by atoms with van der Waals surface area (Å²) in [6, 6.07) is 15.4. The molecular weight excluding hydrogens is 299 g/mol. The Morgan fingerprint density at radius 2 is 1.43 bits per heavy atom. The van der Waals surface area contributed by atoms with Crippen LogP contribution in [0.5, 0.6) is 0 Å². The van der Waals surface area contributed by atoms with Gasteiger partial charge in [-0.3, -0.25) is 0 Å². The normalized spacial score (nSPS) is 14.8. The van der Waals surface area contributed by atoms with E-state index in [-0.39, 0.29) is 4.90 Å². The van der Waals surface area contributed by atoms with Crippen LogP contribution in [0.4, 0.5) is 13.2 Å². The van der Waals surface area contributed by atoms with Gasteiger partial charge in [-0.1, -0.05) is 48.5 Å². The monoisotopic (exact) mass is 311 g/mol. The molecule has 0 bridgehead atoms. The van der Waals surface area contributed by atoms with Crippen LogP contribution in [0.1, 0.15) is 5.56 Å². The summed E-state index contributed by atoms with van der Waals surface area (Å²) in [7, 11) is -4.52. The summed E-state index contributed by atoms with van der Waals surface area (Å²) in [6.07, 6.45) is 2.33. The van der Waals surface area contributed by atoms with Gasteiger partial charge in [0.15, 0.2) is 9.73 Å². The fourth-order valence-corrected chi connectivity index (χ4v) is 2.89. The van der Waals surface area contributed by atoms with Gasteiger partial charge in [0, 0.05) is 6.20 Å². The first kappa shape index (κ1) is 15.3. The molecular formula is C15H12F3NOS. The zero-order valence-electron chi connectivity index (χ0n) is 10.8. The molecule has 0 saturated carbocycles. The van der Waals surface area contributed by atoms with E-state index >= 15 is 0 Å². The van der Waals surface area contributed by atoms with E-state index in [2.05, 4.69) is 4.36 Å². The van der Waals surface area contributed by atoms with Crippen molar-refractivity contribution >= 4 is 15.8 Å². The van der Waals surface area contributed by atoms with Gasteiger partial charge in [-0.25, -0.2) is 4.21 Å². The van der Waals surface area contributed by atoms with Gasteiger partial charge >= 0.3 is 5.51 Å². The van der Waals surface area contributed by atoms with Gasteiger partial charge in [0.1, 0.15) is 0 Å². The molecule has 0 aliphatic carbocycles. The van der Waals surface area contributed by atoms with Crippen molar-refractivity contribution < 1.29 is 17.4 Å². The number of hydrogen-bond acceptors (Lipinski definition) is 2. The van der Waals surface area contributed by atoms with Crippen molar-refractivity contribution in [2.75, 3.05) is 0 Å². The molecule has 0 N–H and O–H groups in total. The molecule has 0 heterocycles. The molecule has 0 aromatic heterocycles. The number of alkyl halides is 3. The van der Waals surface area contributed by atoms with E-state index in [1.54, 1.807) is 36.4 Å². The van der Waals surface area contributed by atoms with Gasteiger partial charge in [0.25, 0.3) is 0 Å². The van der Waals surface area contributed by atoms with Crippen molar-refractivity contribution in [3.8, 4) is 0 Å². The Morgan fingerprint density at radius 3 is 1.95 bits per heavy atom. The van der Waals surface area contributed by atoms with Crippen LogP contribution in [-0.2, 0) is 9.73 Å². The van der Waals surface area contributed by atoms with Gasteiger partial charge in [0.05, 0.1) is 4.90 Å². The van der Waals surface area contributed by atoms with Gasteiger partial charge in [-0.15, -0.1) is 0 Å². The molecule has 0 amide bonds. The third kappa shape index (κ3) is 3.52. The third-order valence-corrected chi connectivity index (χ3v) is 4.61. The fourth-order valence-electron chi connectivity index (χ4n) is 1.63. The van der Waals surface area contributed by atoms with E-state index < -0.39 is 15.2 Å². The molecule has 0 saturated heterocycles. The molecule has 21 heavy (non-hydrogen) atoms. The lowest BCUT2D eigenvalue weighted by Gasteiger charge is -2.12. The zero-order chi connectivity index (χ0) is 15.3. The number of hydrogen-bond donors (Lipinski definition) is 0. The maximum atomic E-state index is 13.1. The second-order valence-electron chi connectivity index (χ2n) is 4.12. The predicted molar refractivity (Wildman–Crippen MR) is 76.8 cm³/mol. The molecule has 0 radical (unpaired) electrons. The van der Waals surface area contributed by atoms with Crippen LogP contribution in [0.15, 0.2) is 76.1 Å². The minimum Gasteiger partial charge on any atom is -0.235 e. The Kier molecular flexibility index (Phi) is 4.47. The largest absolute Gasteiger partial charge is 0.483 e. The first-order valence-electron chi connectivity index (χ1n) is 6.03. The Hall–Kier alpha value is -2.08. The molecule has 6 heteroatoms. The van der Waals surface area contributed by atoms with Crippen molar-refractivity contribution in [1.82, 2.24) is 0 Å². The average Bonchev–Trinajstić information content (AvgIpc) is 2.48. The quantitative estimate of drug-likeness (QED) is 0.807. The van der Waals surface area contributed by atoms with Crippen molar-refractivity contribution in [3.05, 3.63) is 72.4 Å².